The highest BCUT2D eigenvalue weighted by Crippen LogP contribution is 2.29. The molecule has 2 aromatic carbocycles. The number of ether oxygens (including phenoxy) is 1. The predicted octanol–water partition coefficient (Wildman–Crippen LogP) is 6.80. The van der Waals surface area contributed by atoms with Crippen LogP contribution in [0.3, 0.4) is 0 Å². The fourth-order valence-electron chi connectivity index (χ4n) is 4.36. The highest BCUT2D eigenvalue weighted by atomic mass is 16.5. The van der Waals surface area contributed by atoms with E-state index in [1.54, 1.807) is 12.1 Å². The lowest BCUT2D eigenvalue weighted by molar-refractivity contribution is 0.0377. The summed E-state index contributed by atoms with van der Waals surface area (Å²) >= 11 is 0. The molecule has 0 fully saturated rings. The zero-order valence-corrected chi connectivity index (χ0v) is 22.2. The third-order valence-electron chi connectivity index (χ3n) is 6.81. The lowest BCUT2D eigenvalue weighted by Gasteiger charge is -2.23. The normalized spacial score (nSPS) is 19.8. The van der Waals surface area contributed by atoms with E-state index in [4.69, 9.17) is 9.73 Å². The standard InChI is InChI=1S/C32H34N2O3/c1-20-6-11-26(12-7-20)31(35)34-29-18-22(3)28(17-23(29)4)33-19-25-10-15-30(24(5)16-25)37-32(36)27-13-8-21(2)9-14-27/h6-14,16,18-19,23,30H,15,17H2,1-5H3,(H,34,35). The number of hydrogen-bond acceptors (Lipinski definition) is 4. The highest BCUT2D eigenvalue weighted by molar-refractivity contribution is 5.95. The number of carbonyl (C=O) groups excluding carboxylic acids is 2. The zero-order chi connectivity index (χ0) is 26.5. The molecule has 0 aromatic heterocycles. The number of carbonyl (C=O) groups is 2. The molecule has 2 aliphatic rings. The van der Waals surface area contributed by atoms with Gasteiger partial charge in [0.15, 0.2) is 0 Å². The minimum Gasteiger partial charge on any atom is -0.454 e. The van der Waals surface area contributed by atoms with Crippen LogP contribution in [-0.2, 0) is 4.74 Å². The van der Waals surface area contributed by atoms with Gasteiger partial charge in [-0.05, 0) is 81.2 Å². The predicted molar refractivity (Wildman–Crippen MR) is 149 cm³/mol. The Morgan fingerprint density at radius 2 is 1.54 bits per heavy atom. The molecule has 5 nitrogen and oxygen atoms in total. The first kappa shape index (κ1) is 26.1. The maximum absolute atomic E-state index is 12.7. The molecule has 1 amide bonds. The smallest absolute Gasteiger partial charge is 0.338 e. The van der Waals surface area contributed by atoms with Crippen molar-refractivity contribution in [1.82, 2.24) is 5.32 Å². The molecule has 5 heteroatoms. The molecule has 1 N–H and O–H groups in total. The lowest BCUT2D eigenvalue weighted by atomic mass is 9.92. The van der Waals surface area contributed by atoms with Crippen LogP contribution in [0.2, 0.25) is 0 Å². The van der Waals surface area contributed by atoms with Crippen molar-refractivity contribution >= 4 is 18.1 Å². The first-order valence-electron chi connectivity index (χ1n) is 12.7. The van der Waals surface area contributed by atoms with Crippen LogP contribution in [0, 0.1) is 19.8 Å². The number of esters is 1. The molecule has 0 bridgehead atoms. The van der Waals surface area contributed by atoms with Crippen LogP contribution in [0.15, 0.2) is 99.9 Å². The second-order valence-electron chi connectivity index (χ2n) is 10.0. The Labute approximate surface area is 219 Å². The van der Waals surface area contributed by atoms with E-state index >= 15 is 0 Å². The first-order valence-corrected chi connectivity index (χ1v) is 12.7. The molecule has 0 saturated heterocycles. The van der Waals surface area contributed by atoms with Gasteiger partial charge in [0.25, 0.3) is 5.91 Å². The van der Waals surface area contributed by atoms with Gasteiger partial charge >= 0.3 is 5.97 Å². The summed E-state index contributed by atoms with van der Waals surface area (Å²) in [7, 11) is 0. The van der Waals surface area contributed by atoms with Gasteiger partial charge in [-0.15, -0.1) is 0 Å². The summed E-state index contributed by atoms with van der Waals surface area (Å²) in [5.41, 5.74) is 8.38. The van der Waals surface area contributed by atoms with Crippen LogP contribution >= 0.6 is 0 Å². The van der Waals surface area contributed by atoms with Gasteiger partial charge < -0.3 is 10.1 Å². The average molecular weight is 495 g/mol. The number of aryl methyl sites for hydroxylation is 2. The molecule has 0 aliphatic heterocycles. The summed E-state index contributed by atoms with van der Waals surface area (Å²) in [6.45, 7) is 10.1. The summed E-state index contributed by atoms with van der Waals surface area (Å²) in [6, 6.07) is 15.0. The second-order valence-corrected chi connectivity index (χ2v) is 10.0. The van der Waals surface area contributed by atoms with Crippen LogP contribution in [-0.4, -0.2) is 24.2 Å². The quantitative estimate of drug-likeness (QED) is 0.355. The lowest BCUT2D eigenvalue weighted by Crippen LogP contribution is -2.28. The van der Waals surface area contributed by atoms with Crippen molar-refractivity contribution in [1.29, 1.82) is 0 Å². The molecule has 0 spiro atoms. The second kappa shape index (κ2) is 11.4. The summed E-state index contributed by atoms with van der Waals surface area (Å²) in [5.74, 6) is -0.255. The Balaban J connectivity index is 1.38. The van der Waals surface area contributed by atoms with Gasteiger partial charge in [-0.1, -0.05) is 54.5 Å². The van der Waals surface area contributed by atoms with Gasteiger partial charge in [0, 0.05) is 35.5 Å². The van der Waals surface area contributed by atoms with E-state index in [0.717, 1.165) is 45.7 Å². The van der Waals surface area contributed by atoms with Crippen molar-refractivity contribution in [2.24, 2.45) is 10.9 Å². The maximum atomic E-state index is 12.7. The van der Waals surface area contributed by atoms with Crippen molar-refractivity contribution in [2.75, 3.05) is 0 Å². The fourth-order valence-corrected chi connectivity index (χ4v) is 4.36. The molecule has 2 aliphatic carbocycles. The number of nitrogens with one attached hydrogen (secondary N) is 1. The van der Waals surface area contributed by atoms with Crippen LogP contribution in [0.5, 0.6) is 0 Å². The van der Waals surface area contributed by atoms with Gasteiger partial charge in [0.2, 0.25) is 0 Å². The number of nitrogens with zero attached hydrogens (tertiary/aromatic N) is 1. The Hall–Kier alpha value is -3.99. The highest BCUT2D eigenvalue weighted by Gasteiger charge is 2.22. The molecule has 2 unspecified atom stereocenters. The van der Waals surface area contributed by atoms with E-state index in [2.05, 4.69) is 18.3 Å². The van der Waals surface area contributed by atoms with Crippen molar-refractivity contribution in [3.05, 3.63) is 117 Å². The van der Waals surface area contributed by atoms with Crippen molar-refractivity contribution < 1.29 is 14.3 Å². The van der Waals surface area contributed by atoms with Crippen molar-refractivity contribution in [2.45, 2.75) is 53.6 Å². The number of rotatable bonds is 6. The monoisotopic (exact) mass is 494 g/mol. The van der Waals surface area contributed by atoms with Crippen LogP contribution in [0.25, 0.3) is 0 Å². The van der Waals surface area contributed by atoms with Gasteiger partial charge in [-0.3, -0.25) is 9.79 Å². The Bertz CT molecular complexity index is 1340. The number of amides is 1. The molecular formula is C32H34N2O3. The summed E-state index contributed by atoms with van der Waals surface area (Å²) < 4.78 is 5.74. The molecule has 2 aromatic rings. The minimum atomic E-state index is -0.308. The van der Waals surface area contributed by atoms with Gasteiger partial charge in [0.1, 0.15) is 6.10 Å². The van der Waals surface area contributed by atoms with Crippen molar-refractivity contribution in [3.8, 4) is 0 Å². The van der Waals surface area contributed by atoms with E-state index < -0.39 is 0 Å². The summed E-state index contributed by atoms with van der Waals surface area (Å²) in [6.07, 6.45) is 9.05. The first-order chi connectivity index (χ1) is 17.7. The maximum Gasteiger partial charge on any atom is 0.338 e. The van der Waals surface area contributed by atoms with E-state index in [0.29, 0.717) is 17.5 Å². The number of allylic oxidation sites excluding steroid dienone is 6. The molecule has 2 atom stereocenters. The van der Waals surface area contributed by atoms with E-state index in [1.165, 1.54) is 0 Å². The average Bonchev–Trinajstić information content (AvgIpc) is 2.87. The Kier molecular flexibility index (Phi) is 8.02. The third kappa shape index (κ3) is 6.62. The van der Waals surface area contributed by atoms with Crippen LogP contribution in [0.4, 0.5) is 0 Å². The summed E-state index contributed by atoms with van der Waals surface area (Å²) in [4.78, 5) is 29.9. The molecule has 37 heavy (non-hydrogen) atoms. The number of aliphatic imine (C=N–C) groups is 1. The van der Waals surface area contributed by atoms with Gasteiger partial charge in [-0.25, -0.2) is 4.79 Å². The van der Waals surface area contributed by atoms with E-state index in [1.807, 2.05) is 82.5 Å². The molecule has 4 rings (SSSR count). The SMILES string of the molecule is CC1=CC(C=NC2=C(C)C=C(NC(=O)c3ccc(C)cc3)C(C)C2)=CCC1OC(=O)c1ccc(C)cc1. The number of hydrogen-bond donors (Lipinski definition) is 1. The fraction of sp³-hybridized carbons (Fsp3) is 0.281. The van der Waals surface area contributed by atoms with Crippen molar-refractivity contribution in [3.63, 3.8) is 0 Å². The molecular weight excluding hydrogens is 460 g/mol. The summed E-state index contributed by atoms with van der Waals surface area (Å²) in [5, 5.41) is 3.08. The number of benzene rings is 2. The third-order valence-corrected chi connectivity index (χ3v) is 6.81. The Morgan fingerprint density at radius 3 is 2.16 bits per heavy atom. The van der Waals surface area contributed by atoms with Crippen LogP contribution in [0.1, 0.15) is 65.5 Å². The Morgan fingerprint density at radius 1 is 0.919 bits per heavy atom. The zero-order valence-electron chi connectivity index (χ0n) is 22.2. The van der Waals surface area contributed by atoms with Gasteiger partial charge in [0.05, 0.1) is 5.56 Å². The molecule has 0 heterocycles. The van der Waals surface area contributed by atoms with Crippen LogP contribution < -0.4 is 5.32 Å². The van der Waals surface area contributed by atoms with E-state index in [-0.39, 0.29) is 23.9 Å². The van der Waals surface area contributed by atoms with E-state index in [9.17, 15) is 9.59 Å². The minimum absolute atomic E-state index is 0.0940. The molecule has 190 valence electrons. The molecule has 0 radical (unpaired) electrons. The topological polar surface area (TPSA) is 67.8 Å². The largest absolute Gasteiger partial charge is 0.454 e. The van der Waals surface area contributed by atoms with Gasteiger partial charge in [-0.2, -0.15) is 0 Å². The molecule has 0 saturated carbocycles.